The monoisotopic (exact) mass is 391 g/mol. The van der Waals surface area contributed by atoms with Gasteiger partial charge in [-0.25, -0.2) is 14.8 Å². The molecule has 0 aliphatic rings. The molecule has 2 aromatic carbocycles. The van der Waals surface area contributed by atoms with Gasteiger partial charge in [-0.15, -0.1) is 0 Å². The Morgan fingerprint density at radius 1 is 1.07 bits per heavy atom. The number of benzene rings is 2. The van der Waals surface area contributed by atoms with Crippen molar-refractivity contribution in [2.24, 2.45) is 0 Å². The molecule has 0 atom stereocenters. The molecule has 2 amide bonds. The number of urea groups is 1. The SMILES string of the molecule is Cc1ccc(NC(=O)Nc2cccc(-c3nc4ncccn4c3C)c2)c(Cl)c1. The van der Waals surface area contributed by atoms with Gasteiger partial charge in [-0.05, 0) is 49.7 Å². The number of amides is 2. The maximum Gasteiger partial charge on any atom is 0.323 e. The van der Waals surface area contributed by atoms with Crippen LogP contribution in [0.2, 0.25) is 5.02 Å². The summed E-state index contributed by atoms with van der Waals surface area (Å²) in [4.78, 5) is 21.2. The lowest BCUT2D eigenvalue weighted by atomic mass is 10.1. The minimum absolute atomic E-state index is 0.365. The maximum absolute atomic E-state index is 12.4. The summed E-state index contributed by atoms with van der Waals surface area (Å²) in [6.07, 6.45) is 3.64. The predicted octanol–water partition coefficient (Wildman–Crippen LogP) is 5.31. The van der Waals surface area contributed by atoms with Crippen molar-refractivity contribution in [2.45, 2.75) is 13.8 Å². The van der Waals surface area contributed by atoms with E-state index < -0.39 is 0 Å². The number of carbonyl (C=O) groups excluding carboxylic acids is 1. The molecule has 0 unspecified atom stereocenters. The minimum atomic E-state index is -0.365. The highest BCUT2D eigenvalue weighted by Crippen LogP contribution is 2.26. The van der Waals surface area contributed by atoms with Crippen LogP contribution in [0.25, 0.3) is 17.0 Å². The largest absolute Gasteiger partial charge is 0.323 e. The van der Waals surface area contributed by atoms with Crippen molar-refractivity contribution in [1.29, 1.82) is 0 Å². The molecule has 0 radical (unpaired) electrons. The highest BCUT2D eigenvalue weighted by Gasteiger charge is 2.12. The smallest absolute Gasteiger partial charge is 0.308 e. The molecule has 0 aliphatic heterocycles. The molecule has 0 spiro atoms. The molecule has 0 saturated heterocycles. The number of anilines is 2. The predicted molar refractivity (Wildman–Crippen MR) is 112 cm³/mol. The lowest BCUT2D eigenvalue weighted by molar-refractivity contribution is 0.262. The van der Waals surface area contributed by atoms with Gasteiger partial charge in [-0.3, -0.25) is 4.40 Å². The summed E-state index contributed by atoms with van der Waals surface area (Å²) in [6, 6.07) is 14.5. The van der Waals surface area contributed by atoms with E-state index >= 15 is 0 Å². The van der Waals surface area contributed by atoms with Crippen molar-refractivity contribution in [2.75, 3.05) is 10.6 Å². The van der Waals surface area contributed by atoms with Gasteiger partial charge in [0.25, 0.3) is 0 Å². The second kappa shape index (κ2) is 7.32. The van der Waals surface area contributed by atoms with Gasteiger partial charge < -0.3 is 10.6 Å². The first-order valence-corrected chi connectivity index (χ1v) is 9.13. The van der Waals surface area contributed by atoms with Crippen molar-refractivity contribution in [3.63, 3.8) is 0 Å². The molecule has 28 heavy (non-hydrogen) atoms. The van der Waals surface area contributed by atoms with Crippen molar-refractivity contribution >= 4 is 34.8 Å². The second-order valence-corrected chi connectivity index (χ2v) is 6.89. The van der Waals surface area contributed by atoms with Gasteiger partial charge in [0, 0.05) is 29.3 Å². The molecule has 140 valence electrons. The number of nitrogens with zero attached hydrogens (tertiary/aromatic N) is 3. The molecule has 0 fully saturated rings. The van der Waals surface area contributed by atoms with Gasteiger partial charge in [0.05, 0.1) is 16.4 Å². The van der Waals surface area contributed by atoms with Crippen LogP contribution in [0.5, 0.6) is 0 Å². The van der Waals surface area contributed by atoms with Crippen LogP contribution < -0.4 is 10.6 Å². The van der Waals surface area contributed by atoms with Crippen LogP contribution in [0.1, 0.15) is 11.3 Å². The highest BCUT2D eigenvalue weighted by molar-refractivity contribution is 6.33. The minimum Gasteiger partial charge on any atom is -0.308 e. The zero-order valence-electron chi connectivity index (χ0n) is 15.4. The van der Waals surface area contributed by atoms with Crippen LogP contribution >= 0.6 is 11.6 Å². The summed E-state index contributed by atoms with van der Waals surface area (Å²) < 4.78 is 1.93. The number of aryl methyl sites for hydroxylation is 2. The number of halogens is 1. The Morgan fingerprint density at radius 2 is 1.93 bits per heavy atom. The first kappa shape index (κ1) is 18.0. The van der Waals surface area contributed by atoms with Crippen LogP contribution in [0.3, 0.4) is 0 Å². The third kappa shape index (κ3) is 3.54. The molecule has 2 N–H and O–H groups in total. The lowest BCUT2D eigenvalue weighted by Gasteiger charge is -2.10. The van der Waals surface area contributed by atoms with Crippen LogP contribution in [0.4, 0.5) is 16.2 Å². The van der Waals surface area contributed by atoms with E-state index in [4.69, 9.17) is 11.6 Å². The van der Waals surface area contributed by atoms with Crippen LogP contribution in [-0.2, 0) is 0 Å². The Balaban J connectivity index is 1.56. The number of hydrogen-bond acceptors (Lipinski definition) is 3. The Morgan fingerprint density at radius 3 is 2.71 bits per heavy atom. The van der Waals surface area contributed by atoms with Crippen molar-refractivity contribution in [3.8, 4) is 11.3 Å². The van der Waals surface area contributed by atoms with Gasteiger partial charge in [0.2, 0.25) is 5.78 Å². The first-order chi connectivity index (χ1) is 13.5. The molecule has 7 heteroatoms. The molecule has 4 rings (SSSR count). The standard InChI is InChI=1S/C21H18ClN5O/c1-13-7-8-18(17(22)11-13)25-21(28)24-16-6-3-5-15(12-16)19-14(2)27-10-4-9-23-20(27)26-19/h3-12H,1-2H3,(H2,24,25,28). The topological polar surface area (TPSA) is 71.3 Å². The summed E-state index contributed by atoms with van der Waals surface area (Å²) in [6.45, 7) is 3.93. The Hall–Kier alpha value is -3.38. The number of aromatic nitrogens is 3. The highest BCUT2D eigenvalue weighted by atomic mass is 35.5. The summed E-state index contributed by atoms with van der Waals surface area (Å²) in [5.74, 6) is 0.639. The number of rotatable bonds is 3. The molecule has 4 aromatic rings. The summed E-state index contributed by atoms with van der Waals surface area (Å²) in [7, 11) is 0. The zero-order valence-corrected chi connectivity index (χ0v) is 16.2. The number of carbonyl (C=O) groups is 1. The van der Waals surface area contributed by atoms with E-state index in [2.05, 4.69) is 20.6 Å². The lowest BCUT2D eigenvalue weighted by Crippen LogP contribution is -2.19. The number of imidazole rings is 1. The normalized spacial score (nSPS) is 10.8. The molecule has 0 bridgehead atoms. The second-order valence-electron chi connectivity index (χ2n) is 6.48. The van der Waals surface area contributed by atoms with Gasteiger partial charge in [0.15, 0.2) is 0 Å². The number of fused-ring (bicyclic) bond motifs is 1. The van der Waals surface area contributed by atoms with Crippen LogP contribution in [0, 0.1) is 13.8 Å². The average Bonchev–Trinajstić information content (AvgIpc) is 3.01. The average molecular weight is 392 g/mol. The molecule has 2 aromatic heterocycles. The fourth-order valence-electron chi connectivity index (χ4n) is 3.03. The van der Waals surface area contributed by atoms with E-state index in [1.165, 1.54) is 0 Å². The van der Waals surface area contributed by atoms with Crippen LogP contribution in [0.15, 0.2) is 60.9 Å². The summed E-state index contributed by atoms with van der Waals surface area (Å²) >= 11 is 6.18. The van der Waals surface area contributed by atoms with Crippen LogP contribution in [-0.4, -0.2) is 20.4 Å². The molecule has 2 heterocycles. The van der Waals surface area contributed by atoms with E-state index in [0.717, 1.165) is 22.5 Å². The molecular weight excluding hydrogens is 374 g/mol. The molecular formula is C21H18ClN5O. The fourth-order valence-corrected chi connectivity index (χ4v) is 3.31. The third-order valence-corrected chi connectivity index (χ3v) is 4.72. The van der Waals surface area contributed by atoms with E-state index in [9.17, 15) is 4.79 Å². The third-order valence-electron chi connectivity index (χ3n) is 4.41. The Labute approximate surface area is 167 Å². The zero-order chi connectivity index (χ0) is 19.7. The summed E-state index contributed by atoms with van der Waals surface area (Å²) in [5.41, 5.74) is 4.95. The Kier molecular flexibility index (Phi) is 4.71. The van der Waals surface area contributed by atoms with E-state index in [0.29, 0.717) is 22.2 Å². The van der Waals surface area contributed by atoms with Gasteiger partial charge >= 0.3 is 6.03 Å². The number of nitrogens with one attached hydrogen (secondary N) is 2. The van der Waals surface area contributed by atoms with Crippen molar-refractivity contribution in [1.82, 2.24) is 14.4 Å². The van der Waals surface area contributed by atoms with Gasteiger partial charge in [-0.2, -0.15) is 0 Å². The van der Waals surface area contributed by atoms with E-state index in [1.54, 1.807) is 18.3 Å². The van der Waals surface area contributed by atoms with E-state index in [-0.39, 0.29) is 6.03 Å². The van der Waals surface area contributed by atoms with Crippen molar-refractivity contribution < 1.29 is 4.79 Å². The molecule has 6 nitrogen and oxygen atoms in total. The maximum atomic E-state index is 12.4. The van der Waals surface area contributed by atoms with E-state index in [1.807, 2.05) is 60.8 Å². The molecule has 0 saturated carbocycles. The van der Waals surface area contributed by atoms with Gasteiger partial charge in [-0.1, -0.05) is 29.8 Å². The summed E-state index contributed by atoms with van der Waals surface area (Å²) in [5, 5.41) is 6.10. The first-order valence-electron chi connectivity index (χ1n) is 8.75. The molecule has 0 aliphatic carbocycles. The number of hydrogen-bond donors (Lipinski definition) is 2. The fraction of sp³-hybridized carbons (Fsp3) is 0.0952. The van der Waals surface area contributed by atoms with Gasteiger partial charge in [0.1, 0.15) is 0 Å². The quantitative estimate of drug-likeness (QED) is 0.497. The van der Waals surface area contributed by atoms with Crippen molar-refractivity contribution in [3.05, 3.63) is 77.2 Å². The Bertz CT molecular complexity index is 1180.